The SMILES string of the molecule is O=C(c1cncs1)N1CC(c2nnc(C(F)(F)c3ccc(Cl)c(Cl)c3)o2)C2(CCNCC2)C1. The predicted molar refractivity (Wildman–Crippen MR) is 119 cm³/mol. The van der Waals surface area contributed by atoms with E-state index in [4.69, 9.17) is 27.6 Å². The first-order chi connectivity index (χ1) is 15.8. The molecule has 1 amide bonds. The van der Waals surface area contributed by atoms with Crippen LogP contribution in [0.3, 0.4) is 0 Å². The molecule has 0 saturated carbocycles. The minimum atomic E-state index is -3.54. The molecule has 2 fully saturated rings. The van der Waals surface area contributed by atoms with Crippen molar-refractivity contribution in [3.05, 3.63) is 62.2 Å². The number of nitrogens with one attached hydrogen (secondary N) is 1. The van der Waals surface area contributed by atoms with Crippen LogP contribution in [-0.4, -0.2) is 52.2 Å². The van der Waals surface area contributed by atoms with Gasteiger partial charge in [0.05, 0.1) is 27.7 Å². The van der Waals surface area contributed by atoms with E-state index in [0.29, 0.717) is 18.0 Å². The third-order valence-electron chi connectivity index (χ3n) is 6.47. The van der Waals surface area contributed by atoms with Crippen LogP contribution in [0.5, 0.6) is 0 Å². The first kappa shape index (κ1) is 22.6. The van der Waals surface area contributed by atoms with Crippen LogP contribution in [0.25, 0.3) is 0 Å². The van der Waals surface area contributed by atoms with Gasteiger partial charge in [0.15, 0.2) is 0 Å². The highest BCUT2D eigenvalue weighted by Gasteiger charge is 2.52. The summed E-state index contributed by atoms with van der Waals surface area (Å²) in [7, 11) is 0. The second kappa shape index (κ2) is 8.57. The summed E-state index contributed by atoms with van der Waals surface area (Å²) in [6.45, 7) is 2.34. The van der Waals surface area contributed by atoms with Gasteiger partial charge in [0.1, 0.15) is 4.88 Å². The fourth-order valence-electron chi connectivity index (χ4n) is 4.69. The third kappa shape index (κ3) is 4.03. The zero-order valence-electron chi connectivity index (χ0n) is 17.2. The number of benzene rings is 1. The monoisotopic (exact) mass is 513 g/mol. The summed E-state index contributed by atoms with van der Waals surface area (Å²) >= 11 is 13.1. The Bertz CT molecular complexity index is 1170. The molecule has 12 heteroatoms. The van der Waals surface area contributed by atoms with Crippen molar-refractivity contribution in [1.82, 2.24) is 25.4 Å². The van der Waals surface area contributed by atoms with Gasteiger partial charge in [-0.3, -0.25) is 9.78 Å². The van der Waals surface area contributed by atoms with Crippen molar-refractivity contribution < 1.29 is 18.0 Å². The maximum absolute atomic E-state index is 15.1. The smallest absolute Gasteiger partial charge is 0.349 e. The zero-order valence-corrected chi connectivity index (χ0v) is 19.6. The van der Waals surface area contributed by atoms with Gasteiger partial charge < -0.3 is 14.6 Å². The maximum Gasteiger partial charge on any atom is 0.349 e. The summed E-state index contributed by atoms with van der Waals surface area (Å²) in [5, 5.41) is 11.2. The largest absolute Gasteiger partial charge is 0.419 e. The summed E-state index contributed by atoms with van der Waals surface area (Å²) < 4.78 is 35.9. The van der Waals surface area contributed by atoms with Crippen LogP contribution < -0.4 is 5.32 Å². The molecular weight excluding hydrogens is 495 g/mol. The number of carbonyl (C=O) groups excluding carboxylic acids is 1. The quantitative estimate of drug-likeness (QED) is 0.549. The highest BCUT2D eigenvalue weighted by atomic mass is 35.5. The first-order valence-corrected chi connectivity index (χ1v) is 12.0. The Labute approximate surface area is 202 Å². The molecule has 4 heterocycles. The van der Waals surface area contributed by atoms with E-state index in [-0.39, 0.29) is 33.2 Å². The van der Waals surface area contributed by atoms with E-state index >= 15 is 8.78 Å². The van der Waals surface area contributed by atoms with E-state index in [1.54, 1.807) is 10.4 Å². The summed E-state index contributed by atoms with van der Waals surface area (Å²) in [5.74, 6) is -4.71. The summed E-state index contributed by atoms with van der Waals surface area (Å²) in [6.07, 6.45) is 3.08. The van der Waals surface area contributed by atoms with Gasteiger partial charge in [-0.1, -0.05) is 29.3 Å². The molecule has 2 aromatic heterocycles. The van der Waals surface area contributed by atoms with Gasteiger partial charge in [0.2, 0.25) is 5.89 Å². The lowest BCUT2D eigenvalue weighted by Crippen LogP contribution is -2.41. The number of rotatable bonds is 4. The number of aromatic nitrogens is 3. The van der Waals surface area contributed by atoms with Crippen LogP contribution in [0, 0.1) is 5.41 Å². The van der Waals surface area contributed by atoms with Gasteiger partial charge >= 0.3 is 5.92 Å². The van der Waals surface area contributed by atoms with Crippen molar-refractivity contribution in [1.29, 1.82) is 0 Å². The van der Waals surface area contributed by atoms with Crippen LogP contribution in [0.15, 0.2) is 34.3 Å². The highest BCUT2D eigenvalue weighted by molar-refractivity contribution is 7.11. The number of halogens is 4. The Morgan fingerprint density at radius 3 is 2.73 bits per heavy atom. The summed E-state index contributed by atoms with van der Waals surface area (Å²) in [4.78, 5) is 19.3. The van der Waals surface area contributed by atoms with Crippen molar-refractivity contribution in [3.63, 3.8) is 0 Å². The van der Waals surface area contributed by atoms with E-state index in [9.17, 15) is 4.79 Å². The van der Waals surface area contributed by atoms with Gasteiger partial charge in [0, 0.05) is 24.1 Å². The molecule has 33 heavy (non-hydrogen) atoms. The number of hydrogen-bond acceptors (Lipinski definition) is 7. The fourth-order valence-corrected chi connectivity index (χ4v) is 5.57. The summed E-state index contributed by atoms with van der Waals surface area (Å²) in [5.41, 5.74) is 0.891. The second-order valence-corrected chi connectivity index (χ2v) is 10.1. The van der Waals surface area contributed by atoms with E-state index in [1.165, 1.54) is 29.7 Å². The van der Waals surface area contributed by atoms with Gasteiger partial charge in [-0.25, -0.2) is 0 Å². The van der Waals surface area contributed by atoms with Crippen molar-refractivity contribution in [3.8, 4) is 0 Å². The zero-order chi connectivity index (χ0) is 23.2. The Kier molecular flexibility index (Phi) is 5.88. The average molecular weight is 514 g/mol. The lowest BCUT2D eigenvalue weighted by molar-refractivity contribution is 0.0108. The Morgan fingerprint density at radius 1 is 1.24 bits per heavy atom. The second-order valence-electron chi connectivity index (χ2n) is 8.37. The molecule has 1 aromatic carbocycles. The third-order valence-corrected chi connectivity index (χ3v) is 7.97. The number of carbonyl (C=O) groups is 1. The first-order valence-electron chi connectivity index (χ1n) is 10.4. The molecular formula is C21H19Cl2F2N5O2S. The van der Waals surface area contributed by atoms with Crippen LogP contribution >= 0.6 is 34.5 Å². The Balaban J connectivity index is 1.46. The van der Waals surface area contributed by atoms with E-state index in [2.05, 4.69) is 20.5 Å². The molecule has 174 valence electrons. The lowest BCUT2D eigenvalue weighted by Gasteiger charge is -2.36. The number of nitrogens with zero attached hydrogens (tertiary/aromatic N) is 4. The van der Waals surface area contributed by atoms with E-state index < -0.39 is 17.4 Å². The molecule has 3 aromatic rings. The van der Waals surface area contributed by atoms with Gasteiger partial charge in [-0.15, -0.1) is 21.5 Å². The predicted octanol–water partition coefficient (Wildman–Crippen LogP) is 4.58. The fraction of sp³-hybridized carbons (Fsp3) is 0.429. The van der Waals surface area contributed by atoms with Crippen molar-refractivity contribution in [2.24, 2.45) is 5.41 Å². The van der Waals surface area contributed by atoms with Crippen LogP contribution in [0.1, 0.15) is 45.8 Å². The minimum Gasteiger partial charge on any atom is -0.419 e. The number of hydrogen-bond donors (Lipinski definition) is 1. The molecule has 5 rings (SSSR count). The molecule has 1 spiro atoms. The van der Waals surface area contributed by atoms with Crippen molar-refractivity contribution >= 4 is 40.4 Å². The van der Waals surface area contributed by atoms with Gasteiger partial charge in [0.25, 0.3) is 11.8 Å². The lowest BCUT2D eigenvalue weighted by atomic mass is 9.71. The van der Waals surface area contributed by atoms with Crippen molar-refractivity contribution in [2.75, 3.05) is 26.2 Å². The maximum atomic E-state index is 15.1. The van der Waals surface area contributed by atoms with Crippen molar-refractivity contribution in [2.45, 2.75) is 24.7 Å². The number of piperidine rings is 1. The minimum absolute atomic E-state index is 0.00949. The van der Waals surface area contributed by atoms with E-state index in [1.807, 2.05) is 0 Å². The molecule has 0 radical (unpaired) electrons. The van der Waals surface area contributed by atoms with Crippen LogP contribution in [0.4, 0.5) is 8.78 Å². The van der Waals surface area contributed by atoms with Crippen LogP contribution in [0.2, 0.25) is 10.0 Å². The topological polar surface area (TPSA) is 84.2 Å². The molecule has 1 atom stereocenters. The average Bonchev–Trinajstić information content (AvgIpc) is 3.56. The molecule has 0 bridgehead atoms. The molecule has 1 N–H and O–H groups in total. The number of thiazole rings is 1. The van der Waals surface area contributed by atoms with Gasteiger partial charge in [-0.05, 0) is 38.1 Å². The number of alkyl halides is 2. The number of amides is 1. The molecule has 0 aliphatic carbocycles. The Hall–Kier alpha value is -2.14. The Morgan fingerprint density at radius 2 is 2.03 bits per heavy atom. The van der Waals surface area contributed by atoms with E-state index in [0.717, 1.165) is 32.0 Å². The molecule has 2 saturated heterocycles. The molecule has 2 aliphatic rings. The number of likely N-dealkylation sites (tertiary alicyclic amines) is 1. The van der Waals surface area contributed by atoms with Crippen LogP contribution in [-0.2, 0) is 5.92 Å². The normalized spacial score (nSPS) is 20.5. The standard InChI is InChI=1S/C21H19Cl2F2N5O2S/c22-14-2-1-12(7-15(14)23)21(24,25)19-29-28-17(32-19)13-9-30(18(31)16-8-27-11-33-16)10-20(13)3-5-26-6-4-20/h1-2,7-8,11,13,26H,3-6,9-10H2. The molecule has 2 aliphatic heterocycles. The highest BCUT2D eigenvalue weighted by Crippen LogP contribution is 2.49. The molecule has 7 nitrogen and oxygen atoms in total. The van der Waals surface area contributed by atoms with Gasteiger partial charge in [-0.2, -0.15) is 8.78 Å². The summed E-state index contributed by atoms with van der Waals surface area (Å²) in [6, 6.07) is 3.57. The molecule has 1 unspecified atom stereocenters.